The van der Waals surface area contributed by atoms with Gasteiger partial charge in [-0.05, 0) is 43.4 Å². The van der Waals surface area contributed by atoms with E-state index >= 15 is 0 Å². The fraction of sp³-hybridized carbons (Fsp3) is 0.556. The molecule has 0 radical (unpaired) electrons. The predicted octanol–water partition coefficient (Wildman–Crippen LogP) is 2.89. The zero-order valence-corrected chi connectivity index (χ0v) is 13.3. The summed E-state index contributed by atoms with van der Waals surface area (Å²) in [6.45, 7) is 1.57. The van der Waals surface area contributed by atoms with Gasteiger partial charge in [0, 0.05) is 19.5 Å². The Morgan fingerprint density at radius 3 is 2.65 bits per heavy atom. The third-order valence-corrected chi connectivity index (χ3v) is 4.83. The minimum absolute atomic E-state index is 0.00480. The highest BCUT2D eigenvalue weighted by Gasteiger charge is 2.31. The molecule has 3 rings (SSSR count). The Labute approximate surface area is 136 Å². The van der Waals surface area contributed by atoms with Gasteiger partial charge in [-0.25, -0.2) is 4.39 Å². The maximum atomic E-state index is 13.1. The number of benzene rings is 1. The molecule has 0 N–H and O–H groups in total. The lowest BCUT2D eigenvalue weighted by atomic mass is 10.0. The van der Waals surface area contributed by atoms with Gasteiger partial charge in [0.15, 0.2) is 0 Å². The molecule has 2 aliphatic heterocycles. The standard InChI is InChI=1S/C18H23FN2O2/c19-15-9-7-14(8-10-15)16-5-4-12-21(16)18(23)13-20-11-3-1-2-6-17(20)22/h7-10,16H,1-6,11-13H2. The van der Waals surface area contributed by atoms with Crippen LogP contribution >= 0.6 is 0 Å². The molecule has 2 aliphatic rings. The Bertz CT molecular complexity index is 573. The molecular weight excluding hydrogens is 295 g/mol. The van der Waals surface area contributed by atoms with Gasteiger partial charge in [0.05, 0.1) is 12.6 Å². The first-order chi connectivity index (χ1) is 11.1. The summed E-state index contributed by atoms with van der Waals surface area (Å²) in [7, 11) is 0. The van der Waals surface area contributed by atoms with Crippen LogP contribution in [-0.4, -0.2) is 41.2 Å². The fourth-order valence-electron chi connectivity index (χ4n) is 3.56. The number of rotatable bonds is 3. The lowest BCUT2D eigenvalue weighted by Crippen LogP contribution is -2.42. The van der Waals surface area contributed by atoms with Gasteiger partial charge in [-0.3, -0.25) is 9.59 Å². The van der Waals surface area contributed by atoms with Gasteiger partial charge < -0.3 is 9.80 Å². The molecule has 1 aromatic rings. The lowest BCUT2D eigenvalue weighted by Gasteiger charge is -2.28. The van der Waals surface area contributed by atoms with Crippen molar-refractivity contribution in [1.29, 1.82) is 0 Å². The fourth-order valence-corrected chi connectivity index (χ4v) is 3.56. The van der Waals surface area contributed by atoms with Crippen LogP contribution in [0.4, 0.5) is 4.39 Å². The smallest absolute Gasteiger partial charge is 0.242 e. The van der Waals surface area contributed by atoms with Gasteiger partial charge in [-0.15, -0.1) is 0 Å². The van der Waals surface area contributed by atoms with Crippen LogP contribution in [0, 0.1) is 5.82 Å². The highest BCUT2D eigenvalue weighted by Crippen LogP contribution is 2.32. The lowest BCUT2D eigenvalue weighted by molar-refractivity contribution is -0.140. The quantitative estimate of drug-likeness (QED) is 0.860. The number of likely N-dealkylation sites (tertiary alicyclic amines) is 2. The third kappa shape index (κ3) is 3.71. The molecule has 2 fully saturated rings. The normalized spacial score (nSPS) is 22.3. The Morgan fingerprint density at radius 2 is 1.87 bits per heavy atom. The maximum Gasteiger partial charge on any atom is 0.242 e. The topological polar surface area (TPSA) is 40.6 Å². The van der Waals surface area contributed by atoms with Gasteiger partial charge in [0.2, 0.25) is 11.8 Å². The summed E-state index contributed by atoms with van der Waals surface area (Å²) in [4.78, 5) is 28.3. The number of carbonyl (C=O) groups is 2. The molecule has 2 amide bonds. The zero-order valence-electron chi connectivity index (χ0n) is 13.3. The van der Waals surface area contributed by atoms with Crippen molar-refractivity contribution in [2.75, 3.05) is 19.6 Å². The van der Waals surface area contributed by atoms with Gasteiger partial charge in [-0.1, -0.05) is 18.6 Å². The molecule has 0 bridgehead atoms. The summed E-state index contributed by atoms with van der Waals surface area (Å²) in [6, 6.07) is 6.39. The number of hydrogen-bond donors (Lipinski definition) is 0. The van der Waals surface area contributed by atoms with E-state index in [4.69, 9.17) is 0 Å². The van der Waals surface area contributed by atoms with Gasteiger partial charge >= 0.3 is 0 Å². The minimum Gasteiger partial charge on any atom is -0.334 e. The Morgan fingerprint density at radius 1 is 1.09 bits per heavy atom. The van der Waals surface area contributed by atoms with E-state index in [2.05, 4.69) is 0 Å². The second-order valence-electron chi connectivity index (χ2n) is 6.42. The second-order valence-corrected chi connectivity index (χ2v) is 6.42. The molecule has 1 unspecified atom stereocenters. The van der Waals surface area contributed by atoms with Gasteiger partial charge in [0.1, 0.15) is 5.82 Å². The molecule has 5 heteroatoms. The highest BCUT2D eigenvalue weighted by molar-refractivity contribution is 5.85. The molecule has 1 atom stereocenters. The Kier molecular flexibility index (Phi) is 4.94. The molecule has 2 saturated heterocycles. The average Bonchev–Trinajstić information content (AvgIpc) is 2.95. The molecule has 2 heterocycles. The summed E-state index contributed by atoms with van der Waals surface area (Å²) < 4.78 is 13.1. The van der Waals surface area contributed by atoms with E-state index in [1.54, 1.807) is 17.0 Å². The van der Waals surface area contributed by atoms with Crippen LogP contribution in [0.5, 0.6) is 0 Å². The highest BCUT2D eigenvalue weighted by atomic mass is 19.1. The zero-order chi connectivity index (χ0) is 16.2. The van der Waals surface area contributed by atoms with Crippen LogP contribution in [-0.2, 0) is 9.59 Å². The number of carbonyl (C=O) groups excluding carboxylic acids is 2. The number of amides is 2. The molecule has 0 saturated carbocycles. The number of nitrogens with zero attached hydrogens (tertiary/aromatic N) is 2. The first-order valence-electron chi connectivity index (χ1n) is 8.48. The molecule has 124 valence electrons. The van der Waals surface area contributed by atoms with Crippen molar-refractivity contribution >= 4 is 11.8 Å². The van der Waals surface area contributed by atoms with Crippen molar-refractivity contribution in [1.82, 2.24) is 9.80 Å². The Balaban J connectivity index is 1.68. The van der Waals surface area contributed by atoms with E-state index < -0.39 is 0 Å². The van der Waals surface area contributed by atoms with E-state index in [0.717, 1.165) is 37.7 Å². The Hall–Kier alpha value is -1.91. The van der Waals surface area contributed by atoms with Crippen molar-refractivity contribution in [3.8, 4) is 0 Å². The van der Waals surface area contributed by atoms with E-state index in [1.807, 2.05) is 4.90 Å². The summed E-state index contributed by atoms with van der Waals surface area (Å²) in [5.74, 6) is -0.166. The summed E-state index contributed by atoms with van der Waals surface area (Å²) in [5, 5.41) is 0. The predicted molar refractivity (Wildman–Crippen MR) is 85.1 cm³/mol. The molecule has 0 aliphatic carbocycles. The molecular formula is C18H23FN2O2. The van der Waals surface area contributed by atoms with E-state index in [1.165, 1.54) is 12.1 Å². The third-order valence-electron chi connectivity index (χ3n) is 4.83. The average molecular weight is 318 g/mol. The van der Waals surface area contributed by atoms with Crippen LogP contribution < -0.4 is 0 Å². The summed E-state index contributed by atoms with van der Waals surface area (Å²) >= 11 is 0. The van der Waals surface area contributed by atoms with E-state index in [9.17, 15) is 14.0 Å². The SMILES string of the molecule is O=C1CCCCCN1CC(=O)N1CCCC1c1ccc(F)cc1. The first-order valence-corrected chi connectivity index (χ1v) is 8.48. The van der Waals surface area contributed by atoms with Gasteiger partial charge in [0.25, 0.3) is 0 Å². The second kappa shape index (κ2) is 7.11. The summed E-state index contributed by atoms with van der Waals surface area (Å²) in [5.41, 5.74) is 0.972. The minimum atomic E-state index is -0.264. The maximum absolute atomic E-state index is 13.1. The summed E-state index contributed by atoms with van der Waals surface area (Å²) in [6.07, 6.45) is 5.34. The molecule has 4 nitrogen and oxygen atoms in total. The van der Waals surface area contributed by atoms with Crippen molar-refractivity contribution in [2.24, 2.45) is 0 Å². The molecule has 1 aromatic carbocycles. The largest absolute Gasteiger partial charge is 0.334 e. The van der Waals surface area contributed by atoms with Crippen LogP contribution in [0.15, 0.2) is 24.3 Å². The van der Waals surface area contributed by atoms with Gasteiger partial charge in [-0.2, -0.15) is 0 Å². The first kappa shape index (κ1) is 16.0. The van der Waals surface area contributed by atoms with Crippen LogP contribution in [0.3, 0.4) is 0 Å². The van der Waals surface area contributed by atoms with E-state index in [-0.39, 0.29) is 30.2 Å². The van der Waals surface area contributed by atoms with Crippen LogP contribution in [0.25, 0.3) is 0 Å². The molecule has 0 spiro atoms. The van der Waals surface area contributed by atoms with Crippen LogP contribution in [0.2, 0.25) is 0 Å². The van der Waals surface area contributed by atoms with Crippen molar-refractivity contribution in [2.45, 2.75) is 44.6 Å². The number of halogens is 1. The van der Waals surface area contributed by atoms with Crippen molar-refractivity contribution < 1.29 is 14.0 Å². The monoisotopic (exact) mass is 318 g/mol. The molecule has 0 aromatic heterocycles. The van der Waals surface area contributed by atoms with Crippen molar-refractivity contribution in [3.63, 3.8) is 0 Å². The van der Waals surface area contributed by atoms with Crippen molar-refractivity contribution in [3.05, 3.63) is 35.6 Å². The molecule has 23 heavy (non-hydrogen) atoms. The number of hydrogen-bond acceptors (Lipinski definition) is 2. The van der Waals surface area contributed by atoms with Crippen LogP contribution in [0.1, 0.15) is 50.1 Å². The van der Waals surface area contributed by atoms with E-state index in [0.29, 0.717) is 19.5 Å².